The minimum absolute atomic E-state index is 0.0508. The maximum atomic E-state index is 5.78. The van der Waals surface area contributed by atoms with E-state index in [0.717, 1.165) is 5.56 Å². The molecule has 0 aromatic carbocycles. The molecule has 0 amide bonds. The average Bonchev–Trinajstić information content (AvgIpc) is 2.84. The van der Waals surface area contributed by atoms with Gasteiger partial charge in [0.1, 0.15) is 0 Å². The number of thiophene rings is 1. The van der Waals surface area contributed by atoms with E-state index in [2.05, 4.69) is 11.1 Å². The van der Waals surface area contributed by atoms with E-state index >= 15 is 0 Å². The molecule has 2 aromatic rings. The Labute approximate surface area is 98.9 Å². The van der Waals surface area contributed by atoms with Crippen LogP contribution in [0.3, 0.4) is 0 Å². The summed E-state index contributed by atoms with van der Waals surface area (Å²) in [5, 5.41) is 2.04. The molecule has 0 aliphatic rings. The van der Waals surface area contributed by atoms with Crippen molar-refractivity contribution in [2.24, 2.45) is 5.73 Å². The monoisotopic (exact) mass is 234 g/mol. The topological polar surface area (TPSA) is 48.1 Å². The largest absolute Gasteiger partial charge is 0.367 e. The SMILES string of the molecule is NCC(OCc1cccs1)c1ccncc1. The lowest BCUT2D eigenvalue weighted by Crippen LogP contribution is -2.15. The van der Waals surface area contributed by atoms with Gasteiger partial charge in [0.05, 0.1) is 12.7 Å². The fourth-order valence-electron chi connectivity index (χ4n) is 1.46. The number of pyridine rings is 1. The van der Waals surface area contributed by atoms with Crippen molar-refractivity contribution in [3.63, 3.8) is 0 Å². The first-order valence-corrected chi connectivity index (χ1v) is 6.02. The first-order chi connectivity index (χ1) is 7.90. The molecule has 3 nitrogen and oxygen atoms in total. The van der Waals surface area contributed by atoms with Gasteiger partial charge in [0.25, 0.3) is 0 Å². The van der Waals surface area contributed by atoms with Crippen LogP contribution in [0, 0.1) is 0 Å². The zero-order chi connectivity index (χ0) is 11.2. The van der Waals surface area contributed by atoms with Crippen LogP contribution in [0.4, 0.5) is 0 Å². The van der Waals surface area contributed by atoms with Gasteiger partial charge in [0, 0.05) is 23.8 Å². The summed E-state index contributed by atoms with van der Waals surface area (Å²) >= 11 is 1.69. The second-order valence-electron chi connectivity index (χ2n) is 3.40. The first kappa shape index (κ1) is 11.3. The highest BCUT2D eigenvalue weighted by Crippen LogP contribution is 2.18. The standard InChI is InChI=1S/C12H14N2OS/c13-8-12(10-3-5-14-6-4-10)15-9-11-2-1-7-16-11/h1-7,12H,8-9,13H2. The summed E-state index contributed by atoms with van der Waals surface area (Å²) in [4.78, 5) is 5.19. The van der Waals surface area contributed by atoms with Crippen molar-refractivity contribution in [3.05, 3.63) is 52.5 Å². The summed E-state index contributed by atoms with van der Waals surface area (Å²) < 4.78 is 5.78. The Balaban J connectivity index is 1.96. The van der Waals surface area contributed by atoms with Crippen LogP contribution >= 0.6 is 11.3 Å². The molecule has 0 aliphatic heterocycles. The molecule has 2 N–H and O–H groups in total. The third-order valence-corrected chi connectivity index (χ3v) is 3.15. The summed E-state index contributed by atoms with van der Waals surface area (Å²) in [5.74, 6) is 0. The molecule has 0 saturated heterocycles. The molecule has 4 heteroatoms. The summed E-state index contributed by atoms with van der Waals surface area (Å²) in [7, 11) is 0. The molecule has 0 bridgehead atoms. The van der Waals surface area contributed by atoms with Crippen LogP contribution in [0.25, 0.3) is 0 Å². The van der Waals surface area contributed by atoms with Gasteiger partial charge in [0.15, 0.2) is 0 Å². The maximum absolute atomic E-state index is 5.78. The molecule has 1 atom stereocenters. The van der Waals surface area contributed by atoms with Crippen LogP contribution in [0.15, 0.2) is 42.0 Å². The Hall–Kier alpha value is -1.23. The highest BCUT2D eigenvalue weighted by atomic mass is 32.1. The average molecular weight is 234 g/mol. The molecule has 0 spiro atoms. The van der Waals surface area contributed by atoms with E-state index < -0.39 is 0 Å². The number of hydrogen-bond acceptors (Lipinski definition) is 4. The van der Waals surface area contributed by atoms with Crippen LogP contribution < -0.4 is 5.73 Å². The molecule has 2 aromatic heterocycles. The minimum atomic E-state index is -0.0508. The van der Waals surface area contributed by atoms with Gasteiger partial charge in [-0.2, -0.15) is 0 Å². The van der Waals surface area contributed by atoms with E-state index in [4.69, 9.17) is 10.5 Å². The molecule has 84 valence electrons. The molecule has 0 radical (unpaired) electrons. The number of aromatic nitrogens is 1. The summed E-state index contributed by atoms with van der Waals surface area (Å²) in [6.07, 6.45) is 3.46. The summed E-state index contributed by atoms with van der Waals surface area (Å²) in [5.41, 5.74) is 6.78. The van der Waals surface area contributed by atoms with Crippen LogP contribution in [0.1, 0.15) is 16.5 Å². The molecule has 2 rings (SSSR count). The van der Waals surface area contributed by atoms with E-state index in [0.29, 0.717) is 13.2 Å². The Kier molecular flexibility index (Phi) is 4.04. The second kappa shape index (κ2) is 5.75. The first-order valence-electron chi connectivity index (χ1n) is 5.14. The molecule has 1 unspecified atom stereocenters. The molecular weight excluding hydrogens is 220 g/mol. The Morgan fingerprint density at radius 1 is 1.31 bits per heavy atom. The van der Waals surface area contributed by atoms with Crippen LogP contribution in [0.5, 0.6) is 0 Å². The summed E-state index contributed by atoms with van der Waals surface area (Å²) in [6, 6.07) is 7.95. The van der Waals surface area contributed by atoms with Crippen LogP contribution in [0.2, 0.25) is 0 Å². The minimum Gasteiger partial charge on any atom is -0.367 e. The zero-order valence-electron chi connectivity index (χ0n) is 8.87. The number of ether oxygens (including phenoxy) is 1. The lowest BCUT2D eigenvalue weighted by atomic mass is 10.1. The van der Waals surface area contributed by atoms with Crippen LogP contribution in [-0.2, 0) is 11.3 Å². The molecule has 0 fully saturated rings. The van der Waals surface area contributed by atoms with Crippen molar-refractivity contribution in [2.45, 2.75) is 12.7 Å². The predicted octanol–water partition coefficient (Wildman–Crippen LogP) is 2.36. The summed E-state index contributed by atoms with van der Waals surface area (Å²) in [6.45, 7) is 1.09. The van der Waals surface area contributed by atoms with Crippen molar-refractivity contribution in [1.82, 2.24) is 4.98 Å². The fraction of sp³-hybridized carbons (Fsp3) is 0.250. The second-order valence-corrected chi connectivity index (χ2v) is 4.43. The molecule has 0 aliphatic carbocycles. The van der Waals surface area contributed by atoms with Gasteiger partial charge in [-0.05, 0) is 29.1 Å². The third kappa shape index (κ3) is 2.88. The van der Waals surface area contributed by atoms with Crippen molar-refractivity contribution in [3.8, 4) is 0 Å². The highest BCUT2D eigenvalue weighted by Gasteiger charge is 2.09. The lowest BCUT2D eigenvalue weighted by Gasteiger charge is -2.15. The van der Waals surface area contributed by atoms with Gasteiger partial charge >= 0.3 is 0 Å². The number of rotatable bonds is 5. The lowest BCUT2D eigenvalue weighted by molar-refractivity contribution is 0.0472. The Bertz CT molecular complexity index is 402. The van der Waals surface area contributed by atoms with Gasteiger partial charge in [-0.15, -0.1) is 11.3 Å². The molecule has 2 heterocycles. The van der Waals surface area contributed by atoms with Gasteiger partial charge in [-0.25, -0.2) is 0 Å². The van der Waals surface area contributed by atoms with Gasteiger partial charge in [-0.1, -0.05) is 6.07 Å². The molecule has 0 saturated carbocycles. The molecular formula is C12H14N2OS. The van der Waals surface area contributed by atoms with Gasteiger partial charge < -0.3 is 10.5 Å². The van der Waals surface area contributed by atoms with Gasteiger partial charge in [-0.3, -0.25) is 4.98 Å². The quantitative estimate of drug-likeness (QED) is 0.864. The van der Waals surface area contributed by atoms with E-state index in [9.17, 15) is 0 Å². The van der Waals surface area contributed by atoms with Crippen molar-refractivity contribution >= 4 is 11.3 Å². The molecule has 16 heavy (non-hydrogen) atoms. The van der Waals surface area contributed by atoms with Crippen LogP contribution in [-0.4, -0.2) is 11.5 Å². The van der Waals surface area contributed by atoms with E-state index in [-0.39, 0.29) is 6.10 Å². The predicted molar refractivity (Wildman–Crippen MR) is 65.1 cm³/mol. The van der Waals surface area contributed by atoms with Gasteiger partial charge in [0.2, 0.25) is 0 Å². The van der Waals surface area contributed by atoms with Crippen molar-refractivity contribution < 1.29 is 4.74 Å². The zero-order valence-corrected chi connectivity index (χ0v) is 9.69. The van der Waals surface area contributed by atoms with Crippen molar-refractivity contribution in [1.29, 1.82) is 0 Å². The smallest absolute Gasteiger partial charge is 0.0953 e. The normalized spacial score (nSPS) is 12.6. The fourth-order valence-corrected chi connectivity index (χ4v) is 2.08. The number of nitrogens with zero attached hydrogens (tertiary/aromatic N) is 1. The Morgan fingerprint density at radius 2 is 2.12 bits per heavy atom. The highest BCUT2D eigenvalue weighted by molar-refractivity contribution is 7.09. The van der Waals surface area contributed by atoms with E-state index in [1.54, 1.807) is 23.7 Å². The number of nitrogens with two attached hydrogens (primary N) is 1. The van der Waals surface area contributed by atoms with E-state index in [1.165, 1.54) is 4.88 Å². The van der Waals surface area contributed by atoms with E-state index in [1.807, 2.05) is 23.6 Å². The number of hydrogen-bond donors (Lipinski definition) is 1. The maximum Gasteiger partial charge on any atom is 0.0953 e. The Morgan fingerprint density at radius 3 is 2.75 bits per heavy atom. The third-order valence-electron chi connectivity index (χ3n) is 2.30. The van der Waals surface area contributed by atoms with Crippen molar-refractivity contribution in [2.75, 3.05) is 6.54 Å².